The van der Waals surface area contributed by atoms with Crippen LogP contribution in [0.25, 0.3) is 0 Å². The number of hydrogen-bond acceptors (Lipinski definition) is 4. The predicted molar refractivity (Wildman–Crippen MR) is 84.3 cm³/mol. The van der Waals surface area contributed by atoms with E-state index < -0.39 is 22.0 Å². The molecular weight excluding hydrogens is 304 g/mol. The van der Waals surface area contributed by atoms with Crippen LogP contribution in [-0.2, 0) is 9.84 Å². The zero-order valence-electron chi connectivity index (χ0n) is 12.6. The quantitative estimate of drug-likeness (QED) is 0.744. The van der Waals surface area contributed by atoms with Gasteiger partial charge in [0.25, 0.3) is 0 Å². The van der Waals surface area contributed by atoms with Gasteiger partial charge in [0.1, 0.15) is 0 Å². The molecule has 2 rings (SSSR count). The molecule has 1 fully saturated rings. The smallest absolute Gasteiger partial charge is 0.314 e. The summed E-state index contributed by atoms with van der Waals surface area (Å²) in [6, 6.07) is 7.06. The second kappa shape index (κ2) is 7.11. The Hall–Kier alpha value is -1.60. The molecule has 1 saturated heterocycles. The van der Waals surface area contributed by atoms with Crippen molar-refractivity contribution in [1.29, 1.82) is 0 Å². The largest absolute Gasteiger partial charge is 0.387 e. The molecule has 1 aromatic rings. The van der Waals surface area contributed by atoms with E-state index in [4.69, 9.17) is 0 Å². The number of carbonyl (C=O) groups is 1. The van der Waals surface area contributed by atoms with Gasteiger partial charge in [0.2, 0.25) is 0 Å². The summed E-state index contributed by atoms with van der Waals surface area (Å²) in [7, 11) is -2.92. The van der Waals surface area contributed by atoms with Crippen molar-refractivity contribution >= 4 is 15.9 Å². The maximum absolute atomic E-state index is 11.7. The molecule has 0 radical (unpaired) electrons. The van der Waals surface area contributed by atoms with Gasteiger partial charge in [-0.25, -0.2) is 13.2 Å². The van der Waals surface area contributed by atoms with Crippen LogP contribution in [-0.4, -0.2) is 44.2 Å². The average molecular weight is 326 g/mol. The second-order valence-corrected chi connectivity index (χ2v) is 8.02. The standard InChI is InChI=1S/C15H22N2O4S/c1-11-2-4-13(5-3-11)14(18)9-17-15(19)16-8-12-6-7-22(20,21)10-12/h2-5,12,14,18H,6-10H2,1H3,(H2,16,17,19)/t12-,14-/m0/s1. The lowest BCUT2D eigenvalue weighted by Crippen LogP contribution is -2.40. The van der Waals surface area contributed by atoms with E-state index >= 15 is 0 Å². The third-order valence-electron chi connectivity index (χ3n) is 3.80. The summed E-state index contributed by atoms with van der Waals surface area (Å²) in [6.45, 7) is 2.41. The SMILES string of the molecule is Cc1ccc([C@@H](O)CNC(=O)NC[C@@H]2CCS(=O)(=O)C2)cc1. The van der Waals surface area contributed by atoms with Gasteiger partial charge in [0, 0.05) is 13.1 Å². The van der Waals surface area contributed by atoms with Gasteiger partial charge >= 0.3 is 6.03 Å². The van der Waals surface area contributed by atoms with Gasteiger partial charge in [-0.15, -0.1) is 0 Å². The lowest BCUT2D eigenvalue weighted by Gasteiger charge is -2.14. The molecule has 7 heteroatoms. The molecule has 6 nitrogen and oxygen atoms in total. The summed E-state index contributed by atoms with van der Waals surface area (Å²) in [5.41, 5.74) is 1.85. The van der Waals surface area contributed by atoms with Gasteiger partial charge in [0.15, 0.2) is 9.84 Å². The molecule has 0 saturated carbocycles. The molecule has 1 heterocycles. The van der Waals surface area contributed by atoms with Crippen LogP contribution >= 0.6 is 0 Å². The number of aliphatic hydroxyl groups excluding tert-OH is 1. The molecular formula is C15H22N2O4S. The molecule has 1 aliphatic heterocycles. The monoisotopic (exact) mass is 326 g/mol. The highest BCUT2D eigenvalue weighted by molar-refractivity contribution is 7.91. The third-order valence-corrected chi connectivity index (χ3v) is 5.63. The van der Waals surface area contributed by atoms with E-state index in [2.05, 4.69) is 10.6 Å². The number of benzene rings is 1. The van der Waals surface area contributed by atoms with Gasteiger partial charge < -0.3 is 15.7 Å². The predicted octanol–water partition coefficient (Wildman–Crippen LogP) is 0.762. The van der Waals surface area contributed by atoms with Crippen molar-refractivity contribution in [2.24, 2.45) is 5.92 Å². The lowest BCUT2D eigenvalue weighted by atomic mass is 10.1. The number of rotatable bonds is 5. The minimum atomic E-state index is -2.92. The number of aliphatic hydroxyl groups is 1. The maximum Gasteiger partial charge on any atom is 0.314 e. The summed E-state index contributed by atoms with van der Waals surface area (Å²) >= 11 is 0. The van der Waals surface area contributed by atoms with Crippen LogP contribution in [0.5, 0.6) is 0 Å². The van der Waals surface area contributed by atoms with E-state index in [-0.39, 0.29) is 24.0 Å². The first-order valence-electron chi connectivity index (χ1n) is 7.32. The molecule has 0 bridgehead atoms. The Bertz CT molecular complexity index is 613. The molecule has 2 amide bonds. The number of nitrogens with one attached hydrogen (secondary N) is 2. The van der Waals surface area contributed by atoms with Crippen molar-refractivity contribution in [1.82, 2.24) is 10.6 Å². The zero-order chi connectivity index (χ0) is 16.2. The first-order valence-corrected chi connectivity index (χ1v) is 9.14. The van der Waals surface area contributed by atoms with Crippen LogP contribution in [0.15, 0.2) is 24.3 Å². The number of aryl methyl sites for hydroxylation is 1. The first-order chi connectivity index (χ1) is 10.4. The Morgan fingerprint density at radius 1 is 1.32 bits per heavy atom. The molecule has 22 heavy (non-hydrogen) atoms. The fourth-order valence-corrected chi connectivity index (χ4v) is 4.29. The molecule has 122 valence electrons. The van der Waals surface area contributed by atoms with Crippen LogP contribution in [0, 0.1) is 12.8 Å². The number of urea groups is 1. The fraction of sp³-hybridized carbons (Fsp3) is 0.533. The van der Waals surface area contributed by atoms with Crippen molar-refractivity contribution in [2.45, 2.75) is 19.4 Å². The highest BCUT2D eigenvalue weighted by atomic mass is 32.2. The topological polar surface area (TPSA) is 95.5 Å². The second-order valence-electron chi connectivity index (χ2n) is 5.79. The van der Waals surface area contributed by atoms with Crippen LogP contribution in [0.4, 0.5) is 4.79 Å². The molecule has 0 aliphatic carbocycles. The summed E-state index contributed by atoms with van der Waals surface area (Å²) in [5, 5.41) is 15.2. The lowest BCUT2D eigenvalue weighted by molar-refractivity contribution is 0.173. The number of carbonyl (C=O) groups excluding carboxylic acids is 1. The van der Waals surface area contributed by atoms with E-state index in [0.29, 0.717) is 13.0 Å². The molecule has 0 spiro atoms. The van der Waals surface area contributed by atoms with Crippen molar-refractivity contribution in [3.8, 4) is 0 Å². The van der Waals surface area contributed by atoms with Crippen LogP contribution in [0.2, 0.25) is 0 Å². The summed E-state index contributed by atoms with van der Waals surface area (Å²) < 4.78 is 22.6. The first kappa shape index (κ1) is 16.8. The molecule has 0 unspecified atom stereocenters. The van der Waals surface area contributed by atoms with Crippen molar-refractivity contribution < 1.29 is 18.3 Å². The normalized spacial score (nSPS) is 21.3. The van der Waals surface area contributed by atoms with E-state index in [1.165, 1.54) is 0 Å². The Labute approximate surface area is 130 Å². The third kappa shape index (κ3) is 4.99. The van der Waals surface area contributed by atoms with Crippen molar-refractivity contribution in [3.05, 3.63) is 35.4 Å². The summed E-state index contributed by atoms with van der Waals surface area (Å²) in [6.07, 6.45) is -0.174. The minimum absolute atomic E-state index is 0.0160. The van der Waals surface area contributed by atoms with E-state index in [1.54, 1.807) is 0 Å². The minimum Gasteiger partial charge on any atom is -0.387 e. The molecule has 0 aromatic heterocycles. The Balaban J connectivity index is 1.70. The molecule has 2 atom stereocenters. The van der Waals surface area contributed by atoms with Crippen LogP contribution < -0.4 is 10.6 Å². The van der Waals surface area contributed by atoms with E-state index in [1.807, 2.05) is 31.2 Å². The fourth-order valence-electron chi connectivity index (χ4n) is 2.43. The van der Waals surface area contributed by atoms with Gasteiger partial charge in [0.05, 0.1) is 17.6 Å². The summed E-state index contributed by atoms with van der Waals surface area (Å²) in [5.74, 6) is 0.324. The number of amides is 2. The maximum atomic E-state index is 11.7. The van der Waals surface area contributed by atoms with Gasteiger partial charge in [-0.2, -0.15) is 0 Å². The molecule has 1 aliphatic rings. The van der Waals surface area contributed by atoms with Crippen LogP contribution in [0.3, 0.4) is 0 Å². The number of hydrogen-bond donors (Lipinski definition) is 3. The van der Waals surface area contributed by atoms with Crippen LogP contribution in [0.1, 0.15) is 23.7 Å². The highest BCUT2D eigenvalue weighted by Crippen LogP contribution is 2.17. The van der Waals surface area contributed by atoms with E-state index in [9.17, 15) is 18.3 Å². The molecule has 1 aromatic carbocycles. The highest BCUT2D eigenvalue weighted by Gasteiger charge is 2.27. The Kier molecular flexibility index (Phi) is 5.42. The van der Waals surface area contributed by atoms with Gasteiger partial charge in [-0.1, -0.05) is 29.8 Å². The Morgan fingerprint density at radius 2 is 2.00 bits per heavy atom. The average Bonchev–Trinajstić information content (AvgIpc) is 2.82. The van der Waals surface area contributed by atoms with Crippen molar-refractivity contribution in [3.63, 3.8) is 0 Å². The van der Waals surface area contributed by atoms with Gasteiger partial charge in [-0.3, -0.25) is 0 Å². The molecule has 3 N–H and O–H groups in total. The number of sulfone groups is 1. The van der Waals surface area contributed by atoms with Gasteiger partial charge in [-0.05, 0) is 24.8 Å². The Morgan fingerprint density at radius 3 is 2.59 bits per heavy atom. The van der Waals surface area contributed by atoms with E-state index in [0.717, 1.165) is 11.1 Å². The van der Waals surface area contributed by atoms with Crippen molar-refractivity contribution in [2.75, 3.05) is 24.6 Å². The zero-order valence-corrected chi connectivity index (χ0v) is 13.4. The summed E-state index contributed by atoms with van der Waals surface area (Å²) in [4.78, 5) is 11.7.